The molecule has 0 aromatic heterocycles. The fourth-order valence-corrected chi connectivity index (χ4v) is 3.53. The zero-order valence-electron chi connectivity index (χ0n) is 16.9. The minimum absolute atomic E-state index is 0.508. The molecule has 5 nitrogen and oxygen atoms in total. The van der Waals surface area contributed by atoms with Gasteiger partial charge in [-0.05, 0) is 74.4 Å². The molecule has 2 aromatic carbocycles. The number of oxime groups is 1. The van der Waals surface area contributed by atoms with Crippen molar-refractivity contribution in [2.24, 2.45) is 11.0 Å². The second kappa shape index (κ2) is 8.01. The maximum absolute atomic E-state index is 6.25. The van der Waals surface area contributed by atoms with E-state index in [1.165, 1.54) is 24.0 Å². The molecule has 0 aliphatic heterocycles. The Hall–Kier alpha value is -2.53. The number of aryl methyl sites for hydroxylation is 2. The summed E-state index contributed by atoms with van der Waals surface area (Å²) in [6.07, 6.45) is 2.49. The summed E-state index contributed by atoms with van der Waals surface area (Å²) in [5, 5.41) is 5.72. The zero-order chi connectivity index (χ0) is 19.6. The third kappa shape index (κ3) is 4.25. The number of benzene rings is 2. The van der Waals surface area contributed by atoms with Gasteiger partial charge in [0.2, 0.25) is 0 Å². The minimum Gasteiger partial charge on any atom is -0.489 e. The van der Waals surface area contributed by atoms with E-state index in [4.69, 9.17) is 15.4 Å². The first-order valence-corrected chi connectivity index (χ1v) is 9.34. The maximum Gasteiger partial charge on any atom is 0.123 e. The van der Waals surface area contributed by atoms with E-state index in [0.717, 1.165) is 33.8 Å². The van der Waals surface area contributed by atoms with Gasteiger partial charge in [0.1, 0.15) is 19.5 Å². The van der Waals surface area contributed by atoms with Gasteiger partial charge in [0.15, 0.2) is 0 Å². The second-order valence-corrected chi connectivity index (χ2v) is 7.31. The van der Waals surface area contributed by atoms with Crippen molar-refractivity contribution >= 4 is 11.4 Å². The summed E-state index contributed by atoms with van der Waals surface area (Å²) in [7, 11) is 3.43. The SMILES string of the molecule is CON=C(C)c1cc(C)c(OCc2c(C3CC3)cccc2N(C)N)cc1C. The first-order valence-electron chi connectivity index (χ1n) is 9.34. The van der Waals surface area contributed by atoms with Crippen LogP contribution in [0.15, 0.2) is 35.5 Å². The Morgan fingerprint density at radius 1 is 1.22 bits per heavy atom. The Balaban J connectivity index is 1.87. The second-order valence-electron chi connectivity index (χ2n) is 7.31. The third-order valence-electron chi connectivity index (χ3n) is 5.10. The first-order chi connectivity index (χ1) is 12.9. The van der Waals surface area contributed by atoms with Crippen molar-refractivity contribution in [2.75, 3.05) is 19.2 Å². The Morgan fingerprint density at radius 2 is 1.96 bits per heavy atom. The van der Waals surface area contributed by atoms with Crippen LogP contribution < -0.4 is 15.6 Å². The standard InChI is InChI=1S/C22H29N3O2/c1-14-12-22(15(2)11-19(14)16(3)24-26-5)27-13-20-18(17-9-10-17)7-6-8-21(20)25(4)23/h6-8,11-12,17H,9-10,13,23H2,1-5H3. The van der Waals surface area contributed by atoms with Gasteiger partial charge in [-0.2, -0.15) is 0 Å². The summed E-state index contributed by atoms with van der Waals surface area (Å²) in [6, 6.07) is 10.5. The molecule has 0 saturated heterocycles. The van der Waals surface area contributed by atoms with Gasteiger partial charge < -0.3 is 14.6 Å². The minimum atomic E-state index is 0.508. The fourth-order valence-electron chi connectivity index (χ4n) is 3.53. The lowest BCUT2D eigenvalue weighted by molar-refractivity contribution is 0.213. The summed E-state index contributed by atoms with van der Waals surface area (Å²) < 4.78 is 6.25. The molecule has 0 bridgehead atoms. The Bertz CT molecular complexity index is 835. The van der Waals surface area contributed by atoms with E-state index in [1.54, 1.807) is 12.1 Å². The molecule has 144 valence electrons. The quantitative estimate of drug-likeness (QED) is 0.446. The van der Waals surface area contributed by atoms with E-state index in [0.29, 0.717) is 12.5 Å². The van der Waals surface area contributed by atoms with Crippen molar-refractivity contribution < 1.29 is 9.57 Å². The Kier molecular flexibility index (Phi) is 5.71. The van der Waals surface area contributed by atoms with Crippen LogP contribution >= 0.6 is 0 Å². The fraction of sp³-hybridized carbons (Fsp3) is 0.409. The third-order valence-corrected chi connectivity index (χ3v) is 5.10. The van der Waals surface area contributed by atoms with Crippen LogP contribution in [0.1, 0.15) is 53.5 Å². The van der Waals surface area contributed by atoms with Gasteiger partial charge in [0, 0.05) is 18.2 Å². The van der Waals surface area contributed by atoms with Crippen molar-refractivity contribution in [2.45, 2.75) is 46.1 Å². The van der Waals surface area contributed by atoms with E-state index in [9.17, 15) is 0 Å². The van der Waals surface area contributed by atoms with Crippen molar-refractivity contribution in [3.05, 3.63) is 58.1 Å². The van der Waals surface area contributed by atoms with Crippen LogP contribution in [-0.4, -0.2) is 19.9 Å². The van der Waals surface area contributed by atoms with E-state index >= 15 is 0 Å². The largest absolute Gasteiger partial charge is 0.489 e. The molecule has 2 aromatic rings. The van der Waals surface area contributed by atoms with E-state index < -0.39 is 0 Å². The summed E-state index contributed by atoms with van der Waals surface area (Å²) >= 11 is 0. The Morgan fingerprint density at radius 3 is 2.59 bits per heavy atom. The van der Waals surface area contributed by atoms with Gasteiger partial charge in [0.05, 0.1) is 11.4 Å². The summed E-state index contributed by atoms with van der Waals surface area (Å²) in [5.41, 5.74) is 7.68. The van der Waals surface area contributed by atoms with E-state index in [2.05, 4.69) is 49.3 Å². The smallest absolute Gasteiger partial charge is 0.123 e. The number of hydrogen-bond donors (Lipinski definition) is 1. The monoisotopic (exact) mass is 367 g/mol. The van der Waals surface area contributed by atoms with Crippen LogP contribution in [0.25, 0.3) is 0 Å². The molecular formula is C22H29N3O2. The molecule has 1 aliphatic rings. The van der Waals surface area contributed by atoms with Crippen molar-refractivity contribution in [1.29, 1.82) is 0 Å². The van der Waals surface area contributed by atoms with Crippen LogP contribution in [0, 0.1) is 13.8 Å². The predicted octanol–water partition coefficient (Wildman–Crippen LogP) is 4.44. The van der Waals surface area contributed by atoms with Crippen LogP contribution in [0.3, 0.4) is 0 Å². The molecule has 0 radical (unpaired) electrons. The highest BCUT2D eigenvalue weighted by molar-refractivity contribution is 6.00. The molecule has 2 N–H and O–H groups in total. The highest BCUT2D eigenvalue weighted by Gasteiger charge is 2.27. The molecule has 0 amide bonds. The molecule has 0 spiro atoms. The van der Waals surface area contributed by atoms with Crippen LogP contribution in [0.2, 0.25) is 0 Å². The van der Waals surface area contributed by atoms with E-state index in [1.807, 2.05) is 14.0 Å². The number of nitrogens with two attached hydrogens (primary N) is 1. The number of ether oxygens (including phenoxy) is 1. The number of hydrogen-bond acceptors (Lipinski definition) is 5. The van der Waals surface area contributed by atoms with E-state index in [-0.39, 0.29) is 0 Å². The van der Waals surface area contributed by atoms with Crippen LogP contribution in [0.4, 0.5) is 5.69 Å². The molecule has 27 heavy (non-hydrogen) atoms. The molecule has 5 heteroatoms. The highest BCUT2D eigenvalue weighted by atomic mass is 16.6. The molecule has 0 unspecified atom stereocenters. The van der Waals surface area contributed by atoms with Crippen LogP contribution in [0.5, 0.6) is 5.75 Å². The van der Waals surface area contributed by atoms with Crippen molar-refractivity contribution in [3.8, 4) is 5.75 Å². The van der Waals surface area contributed by atoms with Gasteiger partial charge in [-0.1, -0.05) is 17.3 Å². The van der Waals surface area contributed by atoms with Gasteiger partial charge >= 0.3 is 0 Å². The zero-order valence-corrected chi connectivity index (χ0v) is 16.9. The van der Waals surface area contributed by atoms with Crippen molar-refractivity contribution in [3.63, 3.8) is 0 Å². The van der Waals surface area contributed by atoms with Crippen LogP contribution in [-0.2, 0) is 11.4 Å². The van der Waals surface area contributed by atoms with Gasteiger partial charge in [-0.15, -0.1) is 0 Å². The maximum atomic E-state index is 6.25. The molecule has 0 atom stereocenters. The molecule has 1 fully saturated rings. The number of hydrazine groups is 1. The highest BCUT2D eigenvalue weighted by Crippen LogP contribution is 2.43. The molecule has 1 aliphatic carbocycles. The molecule has 3 rings (SSSR count). The summed E-state index contributed by atoms with van der Waals surface area (Å²) in [5.74, 6) is 7.59. The normalized spacial score (nSPS) is 14.2. The molecule has 1 saturated carbocycles. The topological polar surface area (TPSA) is 60.1 Å². The number of anilines is 1. The Labute approximate surface area is 161 Å². The average Bonchev–Trinajstić information content (AvgIpc) is 3.46. The lowest BCUT2D eigenvalue weighted by Crippen LogP contribution is -2.27. The lowest BCUT2D eigenvalue weighted by Gasteiger charge is -2.21. The lowest BCUT2D eigenvalue weighted by atomic mass is 10.0. The summed E-state index contributed by atoms with van der Waals surface area (Å²) in [4.78, 5) is 4.91. The average molecular weight is 367 g/mol. The molecular weight excluding hydrogens is 338 g/mol. The first kappa shape index (κ1) is 19.2. The van der Waals surface area contributed by atoms with Gasteiger partial charge in [-0.25, -0.2) is 5.84 Å². The van der Waals surface area contributed by atoms with Gasteiger partial charge in [-0.3, -0.25) is 0 Å². The summed E-state index contributed by atoms with van der Waals surface area (Å²) in [6.45, 7) is 6.57. The van der Waals surface area contributed by atoms with Crippen molar-refractivity contribution in [1.82, 2.24) is 0 Å². The predicted molar refractivity (Wildman–Crippen MR) is 110 cm³/mol. The number of nitrogens with zero attached hydrogens (tertiary/aromatic N) is 2. The molecule has 0 heterocycles. The van der Waals surface area contributed by atoms with Gasteiger partial charge in [0.25, 0.3) is 0 Å². The number of rotatable bonds is 7.